The highest BCUT2D eigenvalue weighted by Crippen LogP contribution is 2.30. The van der Waals surface area contributed by atoms with Crippen LogP contribution in [0.1, 0.15) is 65.5 Å². The van der Waals surface area contributed by atoms with Crippen LogP contribution in [0.2, 0.25) is 0 Å². The third kappa shape index (κ3) is 6.94. The molecule has 3 aliphatic heterocycles. The number of esters is 1. The molecule has 2 amide bonds. The maximum atomic E-state index is 15.0. The van der Waals surface area contributed by atoms with Gasteiger partial charge < -0.3 is 14.8 Å². The van der Waals surface area contributed by atoms with Gasteiger partial charge in [-0.05, 0) is 51.0 Å². The van der Waals surface area contributed by atoms with Crippen molar-refractivity contribution in [1.29, 1.82) is 0 Å². The lowest BCUT2D eigenvalue weighted by atomic mass is 10.0. The molecular weight excluding hydrogens is 527 g/mol. The molecule has 2 saturated heterocycles. The first-order valence-electron chi connectivity index (χ1n) is 14.4. The molecule has 10 heteroatoms. The molecule has 220 valence electrons. The third-order valence-electron chi connectivity index (χ3n) is 7.67. The number of imide groups is 1. The number of benzene rings is 2. The van der Waals surface area contributed by atoms with Crippen LogP contribution in [0.25, 0.3) is 0 Å². The van der Waals surface area contributed by atoms with Crippen LogP contribution in [0.15, 0.2) is 36.4 Å². The maximum Gasteiger partial charge on any atom is 0.306 e. The largest absolute Gasteiger partial charge is 0.460 e. The van der Waals surface area contributed by atoms with Crippen LogP contribution in [-0.2, 0) is 27.4 Å². The zero-order valence-corrected chi connectivity index (χ0v) is 24.1. The molecule has 2 aromatic carbocycles. The number of morpholine rings is 1. The Labute approximate surface area is 240 Å². The Balaban J connectivity index is 1.14. The quantitative estimate of drug-likeness (QED) is 0.344. The normalized spacial score (nSPS) is 18.4. The second-order valence-electron chi connectivity index (χ2n) is 12.0. The van der Waals surface area contributed by atoms with Gasteiger partial charge in [0.2, 0.25) is 0 Å². The first kappa shape index (κ1) is 29.2. The minimum Gasteiger partial charge on any atom is -0.460 e. The average Bonchev–Trinajstić information content (AvgIpc) is 3.15. The molecule has 0 unspecified atom stereocenters. The lowest BCUT2D eigenvalue weighted by Crippen LogP contribution is -2.60. The summed E-state index contributed by atoms with van der Waals surface area (Å²) in [5.41, 5.74) is 1.88. The summed E-state index contributed by atoms with van der Waals surface area (Å²) in [5.74, 6) is -1.49. The topological polar surface area (TPSA) is 91.4 Å². The smallest absolute Gasteiger partial charge is 0.306 e. The number of halogens is 1. The zero-order valence-electron chi connectivity index (χ0n) is 24.1. The average molecular weight is 567 g/mol. The zero-order chi connectivity index (χ0) is 29.1. The van der Waals surface area contributed by atoms with Crippen LogP contribution in [0.5, 0.6) is 0 Å². The predicted octanol–water partition coefficient (Wildman–Crippen LogP) is 3.67. The van der Waals surface area contributed by atoms with Crippen LogP contribution in [0.3, 0.4) is 0 Å². The van der Waals surface area contributed by atoms with Gasteiger partial charge in [0, 0.05) is 69.5 Å². The fraction of sp³-hybridized carbons (Fsp3) is 0.516. The maximum absolute atomic E-state index is 15.0. The highest BCUT2D eigenvalue weighted by Gasteiger charge is 2.37. The van der Waals surface area contributed by atoms with Gasteiger partial charge in [-0.2, -0.15) is 0 Å². The Kier molecular flexibility index (Phi) is 8.72. The van der Waals surface area contributed by atoms with Crippen molar-refractivity contribution in [3.8, 4) is 0 Å². The van der Waals surface area contributed by atoms with E-state index in [-0.39, 0.29) is 36.9 Å². The van der Waals surface area contributed by atoms with Gasteiger partial charge in [0.05, 0.1) is 24.3 Å². The molecule has 3 aliphatic rings. The lowest BCUT2D eigenvalue weighted by molar-refractivity contribution is -0.154. The van der Waals surface area contributed by atoms with Crippen LogP contribution >= 0.6 is 0 Å². The number of likely N-dealkylation sites (tertiary alicyclic amines) is 1. The van der Waals surface area contributed by atoms with E-state index in [2.05, 4.69) is 15.1 Å². The highest BCUT2D eigenvalue weighted by atomic mass is 19.1. The Morgan fingerprint density at radius 2 is 1.85 bits per heavy atom. The molecule has 0 aromatic heterocycles. The van der Waals surface area contributed by atoms with E-state index in [0.29, 0.717) is 35.8 Å². The summed E-state index contributed by atoms with van der Waals surface area (Å²) in [4.78, 5) is 44.1. The number of carbonyl (C=O) groups is 3. The van der Waals surface area contributed by atoms with Crippen molar-refractivity contribution in [2.75, 3.05) is 51.3 Å². The molecule has 0 saturated carbocycles. The highest BCUT2D eigenvalue weighted by molar-refractivity contribution is 6.23. The van der Waals surface area contributed by atoms with E-state index in [9.17, 15) is 14.4 Å². The Bertz CT molecular complexity index is 1300. The molecule has 0 spiro atoms. The van der Waals surface area contributed by atoms with E-state index in [0.717, 1.165) is 49.9 Å². The summed E-state index contributed by atoms with van der Waals surface area (Å²) >= 11 is 0. The number of fused-ring (bicyclic) bond motifs is 1. The molecule has 0 radical (unpaired) electrons. The van der Waals surface area contributed by atoms with Crippen molar-refractivity contribution >= 4 is 23.5 Å². The summed E-state index contributed by atoms with van der Waals surface area (Å²) in [7, 11) is 0. The number of hydrogen-bond acceptors (Lipinski definition) is 8. The van der Waals surface area contributed by atoms with Gasteiger partial charge in [-0.3, -0.25) is 29.1 Å². The van der Waals surface area contributed by atoms with Crippen molar-refractivity contribution in [1.82, 2.24) is 14.7 Å². The second kappa shape index (κ2) is 12.3. The van der Waals surface area contributed by atoms with Crippen molar-refractivity contribution in [2.45, 2.75) is 58.3 Å². The van der Waals surface area contributed by atoms with Crippen LogP contribution in [0, 0.1) is 5.82 Å². The van der Waals surface area contributed by atoms with Crippen molar-refractivity contribution in [2.24, 2.45) is 0 Å². The van der Waals surface area contributed by atoms with E-state index in [1.165, 1.54) is 0 Å². The summed E-state index contributed by atoms with van der Waals surface area (Å²) in [5, 5.41) is 3.16. The predicted molar refractivity (Wildman–Crippen MR) is 152 cm³/mol. The number of carbonyl (C=O) groups excluding carboxylic acids is 3. The molecule has 1 N–H and O–H groups in total. The van der Waals surface area contributed by atoms with E-state index in [1.54, 1.807) is 51.1 Å². The van der Waals surface area contributed by atoms with Gasteiger partial charge in [-0.25, -0.2) is 4.39 Å². The van der Waals surface area contributed by atoms with Gasteiger partial charge in [0.15, 0.2) is 0 Å². The van der Waals surface area contributed by atoms with E-state index >= 15 is 4.39 Å². The number of hydrogen-bond donors (Lipinski definition) is 1. The molecule has 3 heterocycles. The molecule has 0 atom stereocenters. The minimum absolute atomic E-state index is 0.108. The number of ether oxygens (including phenoxy) is 2. The Morgan fingerprint density at radius 3 is 2.56 bits per heavy atom. The monoisotopic (exact) mass is 566 g/mol. The summed E-state index contributed by atoms with van der Waals surface area (Å²) in [6, 6.07) is 10.9. The fourth-order valence-corrected chi connectivity index (χ4v) is 5.58. The van der Waals surface area contributed by atoms with Crippen LogP contribution in [0.4, 0.5) is 10.1 Å². The van der Waals surface area contributed by atoms with E-state index < -0.39 is 17.4 Å². The summed E-state index contributed by atoms with van der Waals surface area (Å²) < 4.78 is 25.8. The molecular formula is C31H39FN4O5. The molecule has 41 heavy (non-hydrogen) atoms. The molecule has 2 fully saturated rings. The minimum atomic E-state index is -0.589. The Hall–Kier alpha value is -3.34. The van der Waals surface area contributed by atoms with E-state index in [4.69, 9.17) is 9.47 Å². The Morgan fingerprint density at radius 1 is 1.10 bits per heavy atom. The van der Waals surface area contributed by atoms with Crippen molar-refractivity contribution in [3.63, 3.8) is 0 Å². The number of anilines is 1. The third-order valence-corrected chi connectivity index (χ3v) is 7.67. The van der Waals surface area contributed by atoms with Crippen molar-refractivity contribution in [3.05, 3.63) is 64.5 Å². The fourth-order valence-electron chi connectivity index (χ4n) is 5.58. The first-order chi connectivity index (χ1) is 19.6. The summed E-state index contributed by atoms with van der Waals surface area (Å²) in [6.45, 7) is 11.9. The second-order valence-corrected chi connectivity index (χ2v) is 12.0. The van der Waals surface area contributed by atoms with E-state index in [1.807, 2.05) is 6.07 Å². The molecule has 0 aliphatic carbocycles. The summed E-state index contributed by atoms with van der Waals surface area (Å²) in [6.07, 6.45) is 0.420. The lowest BCUT2D eigenvalue weighted by Gasteiger charge is -2.46. The van der Waals surface area contributed by atoms with Gasteiger partial charge in [0.1, 0.15) is 11.4 Å². The number of rotatable bonds is 10. The number of nitrogens with one attached hydrogen (secondary N) is 1. The number of nitrogens with zero attached hydrogens (tertiary/aromatic N) is 3. The van der Waals surface area contributed by atoms with Crippen LogP contribution in [-0.4, -0.2) is 90.1 Å². The van der Waals surface area contributed by atoms with Gasteiger partial charge in [-0.1, -0.05) is 18.2 Å². The van der Waals surface area contributed by atoms with Gasteiger partial charge in [-0.15, -0.1) is 0 Å². The van der Waals surface area contributed by atoms with Gasteiger partial charge >= 0.3 is 5.97 Å². The molecule has 5 rings (SSSR count). The van der Waals surface area contributed by atoms with Crippen LogP contribution < -0.4 is 5.32 Å². The SMILES string of the molecule is CC(C)(C)OC(=O)CCCN1C(=O)c2cccc(NCc3ccc(CN4CC(N5CCOCC5)C4)cc3F)c2C1=O. The standard InChI is InChI=1S/C31H39FN4O5/c1-31(2,3)41-27(37)8-5-11-36-29(38)24-6-4-7-26(28(24)30(36)39)33-17-22-10-9-21(16-25(22)32)18-34-19-23(20-34)35-12-14-40-15-13-35/h4,6-7,9-10,16,23,33H,5,8,11-15,17-20H2,1-3H3. The van der Waals surface area contributed by atoms with Crippen molar-refractivity contribution < 1.29 is 28.2 Å². The number of amides is 2. The molecule has 0 bridgehead atoms. The molecule has 2 aromatic rings. The first-order valence-corrected chi connectivity index (χ1v) is 14.4. The molecule has 9 nitrogen and oxygen atoms in total. The van der Waals surface area contributed by atoms with Gasteiger partial charge in [0.25, 0.3) is 11.8 Å².